The van der Waals surface area contributed by atoms with Gasteiger partial charge in [0.05, 0.1) is 17.4 Å². The quantitative estimate of drug-likeness (QED) is 0.473. The maximum absolute atomic E-state index is 9.97. The fourth-order valence-electron chi connectivity index (χ4n) is 4.99. The minimum Gasteiger partial charge on any atom is -0.393 e. The van der Waals surface area contributed by atoms with Crippen molar-refractivity contribution in [1.82, 2.24) is 19.8 Å². The van der Waals surface area contributed by atoms with E-state index >= 15 is 0 Å². The van der Waals surface area contributed by atoms with Gasteiger partial charge in [0.2, 0.25) is 5.95 Å². The molecule has 1 saturated heterocycles. The molecule has 1 aliphatic heterocycles. The lowest BCUT2D eigenvalue weighted by molar-refractivity contribution is 0.119. The lowest BCUT2D eigenvalue weighted by Crippen LogP contribution is -2.35. The molecule has 1 aliphatic carbocycles. The minimum atomic E-state index is -0.184. The zero-order chi connectivity index (χ0) is 23.3. The van der Waals surface area contributed by atoms with Crippen molar-refractivity contribution in [2.24, 2.45) is 10.9 Å². The first-order valence-electron chi connectivity index (χ1n) is 12.2. The Bertz CT molecular complexity index is 800. The van der Waals surface area contributed by atoms with Gasteiger partial charge in [-0.15, -0.1) is 0 Å². The van der Waals surface area contributed by atoms with Gasteiger partial charge in [-0.05, 0) is 71.0 Å². The van der Waals surface area contributed by atoms with E-state index < -0.39 is 0 Å². The van der Waals surface area contributed by atoms with Crippen LogP contribution >= 0.6 is 0 Å². The van der Waals surface area contributed by atoms with Crippen molar-refractivity contribution >= 4 is 17.4 Å². The van der Waals surface area contributed by atoms with Crippen LogP contribution in [0.15, 0.2) is 17.8 Å². The number of hydrogen-bond donors (Lipinski definition) is 2. The van der Waals surface area contributed by atoms with Gasteiger partial charge in [-0.3, -0.25) is 4.99 Å². The summed E-state index contributed by atoms with van der Waals surface area (Å²) in [6, 6.07) is 0.838. The maximum atomic E-state index is 9.97. The third kappa shape index (κ3) is 5.87. The number of hydrogen-bond acceptors (Lipinski definition) is 6. The first kappa shape index (κ1) is 24.6. The number of likely N-dealkylation sites (N-methyl/N-ethyl adjacent to an activating group) is 1. The van der Waals surface area contributed by atoms with Crippen LogP contribution in [0.25, 0.3) is 5.57 Å². The normalized spacial score (nSPS) is 25.3. The summed E-state index contributed by atoms with van der Waals surface area (Å²) in [5.41, 5.74) is 2.92. The molecule has 178 valence electrons. The number of likely N-dealkylation sites (tertiary alicyclic amines) is 1. The van der Waals surface area contributed by atoms with E-state index in [9.17, 15) is 5.11 Å². The van der Waals surface area contributed by atoms with E-state index in [1.54, 1.807) is 0 Å². The van der Waals surface area contributed by atoms with Crippen molar-refractivity contribution in [3.63, 3.8) is 0 Å². The van der Waals surface area contributed by atoms with Crippen molar-refractivity contribution in [2.75, 3.05) is 39.5 Å². The lowest BCUT2D eigenvalue weighted by Gasteiger charge is -2.29. The van der Waals surface area contributed by atoms with Crippen molar-refractivity contribution in [3.8, 4) is 0 Å². The van der Waals surface area contributed by atoms with Gasteiger partial charge in [-0.1, -0.05) is 19.9 Å². The van der Waals surface area contributed by atoms with Crippen molar-refractivity contribution in [1.29, 1.82) is 0 Å². The molecule has 1 saturated carbocycles. The largest absolute Gasteiger partial charge is 0.393 e. The van der Waals surface area contributed by atoms with Gasteiger partial charge in [0, 0.05) is 38.4 Å². The summed E-state index contributed by atoms with van der Waals surface area (Å²) in [5, 5.41) is 13.4. The Morgan fingerprint density at radius 3 is 2.62 bits per heavy atom. The van der Waals surface area contributed by atoms with Crippen LogP contribution in [-0.4, -0.2) is 83.1 Å². The molecule has 0 radical (unpaired) electrons. The Balaban J connectivity index is 1.92. The predicted molar refractivity (Wildman–Crippen MR) is 133 cm³/mol. The van der Waals surface area contributed by atoms with Crippen LogP contribution in [0.2, 0.25) is 0 Å². The molecule has 32 heavy (non-hydrogen) atoms. The maximum Gasteiger partial charge on any atom is 0.223 e. The molecule has 2 N–H and O–H groups in total. The second kappa shape index (κ2) is 11.2. The van der Waals surface area contributed by atoms with E-state index in [-0.39, 0.29) is 6.10 Å². The number of nitrogens with one attached hydrogen (secondary N) is 1. The topological polar surface area (TPSA) is 76.9 Å². The Morgan fingerprint density at radius 1 is 1.31 bits per heavy atom. The van der Waals surface area contributed by atoms with Gasteiger partial charge < -0.3 is 20.2 Å². The van der Waals surface area contributed by atoms with E-state index in [1.165, 1.54) is 0 Å². The molecule has 1 aromatic heterocycles. The molecular weight excluding hydrogens is 400 g/mol. The predicted octanol–water partition coefficient (Wildman–Crippen LogP) is 3.65. The van der Waals surface area contributed by atoms with E-state index in [4.69, 9.17) is 9.98 Å². The zero-order valence-electron chi connectivity index (χ0n) is 20.6. The van der Waals surface area contributed by atoms with E-state index in [2.05, 4.69) is 54.6 Å². The molecule has 2 aliphatic rings. The number of aliphatic hydroxyl groups is 1. The smallest absolute Gasteiger partial charge is 0.223 e. The summed E-state index contributed by atoms with van der Waals surface area (Å²) >= 11 is 0. The monoisotopic (exact) mass is 442 g/mol. The number of aromatic nitrogens is 2. The highest BCUT2D eigenvalue weighted by atomic mass is 16.3. The molecule has 3 rings (SSSR count). The molecule has 2 atom stereocenters. The van der Waals surface area contributed by atoms with E-state index in [0.29, 0.717) is 23.9 Å². The highest BCUT2D eigenvalue weighted by molar-refractivity contribution is 6.02. The van der Waals surface area contributed by atoms with Gasteiger partial charge in [-0.2, -0.15) is 0 Å². The average Bonchev–Trinajstić information content (AvgIpc) is 3.25. The van der Waals surface area contributed by atoms with Crippen LogP contribution < -0.4 is 5.32 Å². The molecule has 2 fully saturated rings. The standard InChI is InChI=1S/C25H42N6O/c1-7-8-17(2)28-25-27-15-22(24(26-4)31-14-13-20(16-31)30(5)6)23(29-25)18(3)19-9-11-21(32)12-10-19/h15,17,19-21,32H,3,7-14,16H2,1-2,4-6H3,(H,27,28,29)/b26-24+/t17?,19-,20-,21-/m0/s1. The van der Waals surface area contributed by atoms with Crippen LogP contribution in [0.4, 0.5) is 5.95 Å². The fourth-order valence-corrected chi connectivity index (χ4v) is 4.99. The van der Waals surface area contributed by atoms with Crippen LogP contribution in [0.3, 0.4) is 0 Å². The van der Waals surface area contributed by atoms with Gasteiger partial charge in [0.15, 0.2) is 0 Å². The average molecular weight is 443 g/mol. The summed E-state index contributed by atoms with van der Waals surface area (Å²) in [7, 11) is 6.14. The summed E-state index contributed by atoms with van der Waals surface area (Å²) in [6.45, 7) is 10.8. The number of aliphatic hydroxyl groups excluding tert-OH is 1. The Morgan fingerprint density at radius 2 is 2.03 bits per heavy atom. The first-order valence-corrected chi connectivity index (χ1v) is 12.2. The number of allylic oxidation sites excluding steroid dienone is 1. The number of rotatable bonds is 8. The molecule has 7 nitrogen and oxygen atoms in total. The van der Waals surface area contributed by atoms with Crippen LogP contribution in [0, 0.1) is 5.92 Å². The van der Waals surface area contributed by atoms with Gasteiger partial charge in [0.1, 0.15) is 5.84 Å². The van der Waals surface area contributed by atoms with Crippen LogP contribution in [0.5, 0.6) is 0 Å². The number of aliphatic imine (C=N–C) groups is 1. The van der Waals surface area contributed by atoms with Crippen molar-refractivity contribution < 1.29 is 5.11 Å². The van der Waals surface area contributed by atoms with E-state index in [1.807, 2.05) is 13.2 Å². The van der Waals surface area contributed by atoms with Crippen molar-refractivity contribution in [2.45, 2.75) is 77.0 Å². The second-order valence-electron chi connectivity index (χ2n) is 9.72. The highest BCUT2D eigenvalue weighted by Crippen LogP contribution is 2.35. The molecule has 1 unspecified atom stereocenters. The molecule has 0 aromatic carbocycles. The molecule has 0 spiro atoms. The summed E-state index contributed by atoms with van der Waals surface area (Å²) < 4.78 is 0. The Labute approximate surface area is 194 Å². The summed E-state index contributed by atoms with van der Waals surface area (Å²) in [6.07, 6.45) is 8.61. The SMILES string of the molecule is C=C(c1nc(NC(C)CCC)ncc1/C(=N\C)N1CC[C@H](N(C)C)C1)[C@H]1CC[C@H](O)CC1. The van der Waals surface area contributed by atoms with Gasteiger partial charge in [0.25, 0.3) is 0 Å². The Kier molecular flexibility index (Phi) is 8.65. The van der Waals surface area contributed by atoms with E-state index in [0.717, 1.165) is 80.7 Å². The number of amidine groups is 1. The van der Waals surface area contributed by atoms with Gasteiger partial charge >= 0.3 is 0 Å². The summed E-state index contributed by atoms with van der Waals surface area (Å²) in [5.74, 6) is 1.94. The fraction of sp³-hybridized carbons (Fsp3) is 0.720. The molecule has 0 amide bonds. The number of anilines is 1. The molecular formula is C25H42N6O. The van der Waals surface area contributed by atoms with Crippen molar-refractivity contribution in [3.05, 3.63) is 24.0 Å². The number of nitrogens with zero attached hydrogens (tertiary/aromatic N) is 5. The van der Waals surface area contributed by atoms with Crippen LogP contribution in [0.1, 0.15) is 70.1 Å². The Hall–Kier alpha value is -1.99. The van der Waals surface area contributed by atoms with Crippen LogP contribution in [-0.2, 0) is 0 Å². The molecule has 2 heterocycles. The zero-order valence-corrected chi connectivity index (χ0v) is 20.6. The third-order valence-electron chi connectivity index (χ3n) is 7.03. The molecule has 7 heteroatoms. The minimum absolute atomic E-state index is 0.184. The molecule has 1 aromatic rings. The summed E-state index contributed by atoms with van der Waals surface area (Å²) in [4.78, 5) is 19.0. The highest BCUT2D eigenvalue weighted by Gasteiger charge is 2.31. The van der Waals surface area contributed by atoms with Gasteiger partial charge in [-0.25, -0.2) is 9.97 Å². The second-order valence-corrected chi connectivity index (χ2v) is 9.72. The first-order chi connectivity index (χ1) is 15.3. The molecule has 0 bridgehead atoms. The third-order valence-corrected chi connectivity index (χ3v) is 7.03. The lowest BCUT2D eigenvalue weighted by atomic mass is 9.81.